The molecule has 0 spiro atoms. The molecule has 1 aliphatic heterocycles. The van der Waals surface area contributed by atoms with Gasteiger partial charge >= 0.3 is 5.97 Å². The second-order valence-corrected chi connectivity index (χ2v) is 7.69. The van der Waals surface area contributed by atoms with Gasteiger partial charge in [0.1, 0.15) is 0 Å². The Bertz CT molecular complexity index is 1070. The summed E-state index contributed by atoms with van der Waals surface area (Å²) in [5, 5.41) is 14.0. The van der Waals surface area contributed by atoms with E-state index in [0.29, 0.717) is 39.1 Å². The van der Waals surface area contributed by atoms with Gasteiger partial charge in [-0.25, -0.2) is 4.79 Å². The van der Waals surface area contributed by atoms with Crippen LogP contribution in [-0.4, -0.2) is 32.3 Å². The lowest BCUT2D eigenvalue weighted by Crippen LogP contribution is -2.28. The van der Waals surface area contributed by atoms with Gasteiger partial charge in [0.2, 0.25) is 0 Å². The van der Waals surface area contributed by atoms with Crippen LogP contribution < -0.4 is 14.8 Å². The third-order valence-electron chi connectivity index (χ3n) is 4.90. The van der Waals surface area contributed by atoms with Crippen molar-refractivity contribution in [1.82, 2.24) is 10.3 Å². The number of nitriles is 1. The molecule has 0 aliphatic carbocycles. The van der Waals surface area contributed by atoms with Gasteiger partial charge in [-0.2, -0.15) is 5.26 Å². The number of hydrogen-bond acceptors (Lipinski definition) is 8. The Labute approximate surface area is 185 Å². The number of carbonyl (C=O) groups excluding carboxylic acids is 1. The van der Waals surface area contributed by atoms with Crippen LogP contribution in [0.15, 0.2) is 64.6 Å². The molecule has 1 atom stereocenters. The van der Waals surface area contributed by atoms with Crippen LogP contribution in [0.3, 0.4) is 0 Å². The van der Waals surface area contributed by atoms with Gasteiger partial charge in [-0.05, 0) is 36.2 Å². The summed E-state index contributed by atoms with van der Waals surface area (Å²) in [5.41, 5.74) is 3.22. The van der Waals surface area contributed by atoms with E-state index in [2.05, 4.69) is 16.4 Å². The highest BCUT2D eigenvalue weighted by Crippen LogP contribution is 2.43. The minimum absolute atomic E-state index is 0.386. The highest BCUT2D eigenvalue weighted by atomic mass is 32.2. The molecule has 0 radical (unpaired) electrons. The number of ether oxygens (including phenoxy) is 3. The van der Waals surface area contributed by atoms with Crippen LogP contribution in [0.4, 0.5) is 0 Å². The smallest absolute Gasteiger partial charge is 0.336 e. The van der Waals surface area contributed by atoms with Gasteiger partial charge in [-0.1, -0.05) is 12.1 Å². The lowest BCUT2D eigenvalue weighted by atomic mass is 9.82. The lowest BCUT2D eigenvalue weighted by molar-refractivity contribution is -0.136. The number of methoxy groups -OCH3 is 3. The molecule has 1 aliphatic rings. The standard InChI is InChI=1S/C23H23N3O4S/c1-14-20(23(27)30-4)21(16-7-8-18(28-2)19(10-16)29-3)17(11-24)22(26-14)31-13-15-6-5-9-25-12-15/h5-10,12,21,26H,13H2,1-4H3. The first-order valence-electron chi connectivity index (χ1n) is 9.48. The molecule has 1 aromatic heterocycles. The van der Waals surface area contributed by atoms with E-state index in [0.717, 1.165) is 11.1 Å². The molecule has 1 unspecified atom stereocenters. The number of nitrogens with one attached hydrogen (secondary N) is 1. The van der Waals surface area contributed by atoms with Crippen LogP contribution >= 0.6 is 11.8 Å². The van der Waals surface area contributed by atoms with Gasteiger partial charge < -0.3 is 19.5 Å². The third kappa shape index (κ3) is 4.67. The maximum atomic E-state index is 12.7. The third-order valence-corrected chi connectivity index (χ3v) is 5.99. The normalized spacial score (nSPS) is 15.8. The zero-order chi connectivity index (χ0) is 22.4. The average molecular weight is 438 g/mol. The van der Waals surface area contributed by atoms with Crippen LogP contribution in [0.2, 0.25) is 0 Å². The minimum Gasteiger partial charge on any atom is -0.493 e. The van der Waals surface area contributed by atoms with E-state index in [4.69, 9.17) is 14.2 Å². The molecule has 0 fully saturated rings. The molecule has 0 bridgehead atoms. The molecule has 8 heteroatoms. The predicted octanol–water partition coefficient (Wildman–Crippen LogP) is 3.90. The Balaban J connectivity index is 2.08. The van der Waals surface area contributed by atoms with Crippen molar-refractivity contribution in [2.75, 3.05) is 21.3 Å². The zero-order valence-corrected chi connectivity index (χ0v) is 18.6. The van der Waals surface area contributed by atoms with E-state index in [-0.39, 0.29) is 0 Å². The summed E-state index contributed by atoms with van der Waals surface area (Å²) in [6.07, 6.45) is 3.51. The summed E-state index contributed by atoms with van der Waals surface area (Å²) >= 11 is 1.49. The Morgan fingerprint density at radius 3 is 2.61 bits per heavy atom. The SMILES string of the molecule is COC(=O)C1=C(C)NC(SCc2cccnc2)=C(C#N)C1c1ccc(OC)c(OC)c1. The molecule has 2 heterocycles. The molecule has 2 aromatic rings. The van der Waals surface area contributed by atoms with Crippen molar-refractivity contribution >= 4 is 17.7 Å². The highest BCUT2D eigenvalue weighted by Gasteiger charge is 2.35. The average Bonchev–Trinajstić information content (AvgIpc) is 2.81. The summed E-state index contributed by atoms with van der Waals surface area (Å²) in [6, 6.07) is 11.5. The lowest BCUT2D eigenvalue weighted by Gasteiger charge is -2.29. The Morgan fingerprint density at radius 2 is 2.00 bits per heavy atom. The molecule has 0 amide bonds. The molecule has 1 aromatic carbocycles. The molecule has 7 nitrogen and oxygen atoms in total. The molecule has 1 N–H and O–H groups in total. The van der Waals surface area contributed by atoms with Crippen LogP contribution in [-0.2, 0) is 15.3 Å². The number of benzene rings is 1. The number of esters is 1. The number of dihydropyridines is 1. The van der Waals surface area contributed by atoms with Crippen molar-refractivity contribution in [2.24, 2.45) is 0 Å². The number of pyridine rings is 1. The van der Waals surface area contributed by atoms with Gasteiger partial charge in [0, 0.05) is 23.8 Å². The fourth-order valence-corrected chi connectivity index (χ4v) is 4.44. The van der Waals surface area contributed by atoms with Gasteiger partial charge in [0.15, 0.2) is 11.5 Å². The van der Waals surface area contributed by atoms with Gasteiger partial charge in [-0.3, -0.25) is 4.98 Å². The van der Waals surface area contributed by atoms with Crippen LogP contribution in [0.25, 0.3) is 0 Å². The maximum absolute atomic E-state index is 12.7. The number of rotatable bonds is 7. The predicted molar refractivity (Wildman–Crippen MR) is 118 cm³/mol. The molecule has 160 valence electrons. The van der Waals surface area contributed by atoms with Crippen LogP contribution in [0, 0.1) is 11.3 Å². The second kappa shape index (κ2) is 10.0. The second-order valence-electron chi connectivity index (χ2n) is 6.71. The summed E-state index contributed by atoms with van der Waals surface area (Å²) < 4.78 is 15.8. The molecule has 31 heavy (non-hydrogen) atoms. The van der Waals surface area contributed by atoms with E-state index in [1.807, 2.05) is 18.2 Å². The summed E-state index contributed by atoms with van der Waals surface area (Å²) in [6.45, 7) is 1.80. The molecular weight excluding hydrogens is 414 g/mol. The molecule has 0 saturated heterocycles. The summed E-state index contributed by atoms with van der Waals surface area (Å²) in [7, 11) is 4.43. The van der Waals surface area contributed by atoms with Crippen molar-refractivity contribution < 1.29 is 19.0 Å². The van der Waals surface area contributed by atoms with E-state index < -0.39 is 11.9 Å². The Hall–Kier alpha value is -3.44. The number of nitrogens with zero attached hydrogens (tertiary/aromatic N) is 2. The zero-order valence-electron chi connectivity index (χ0n) is 17.8. The van der Waals surface area contributed by atoms with Gasteiger partial charge in [-0.15, -0.1) is 11.8 Å². The van der Waals surface area contributed by atoms with Crippen molar-refractivity contribution in [3.63, 3.8) is 0 Å². The number of thioether (sulfide) groups is 1. The first-order chi connectivity index (χ1) is 15.0. The summed E-state index contributed by atoms with van der Waals surface area (Å²) in [5.74, 6) is 0.612. The topological polar surface area (TPSA) is 93.5 Å². The largest absolute Gasteiger partial charge is 0.493 e. The Kier molecular flexibility index (Phi) is 7.21. The van der Waals surface area contributed by atoms with Gasteiger partial charge in [0.05, 0.1) is 49.5 Å². The molecular formula is C23H23N3O4S. The van der Waals surface area contributed by atoms with E-state index >= 15 is 0 Å². The maximum Gasteiger partial charge on any atom is 0.336 e. The van der Waals surface area contributed by atoms with Crippen molar-refractivity contribution in [3.05, 3.63) is 75.7 Å². The number of hydrogen-bond donors (Lipinski definition) is 1. The monoisotopic (exact) mass is 437 g/mol. The van der Waals surface area contributed by atoms with Crippen molar-refractivity contribution in [2.45, 2.75) is 18.6 Å². The molecule has 3 rings (SSSR count). The number of allylic oxidation sites excluding steroid dienone is 2. The quantitative estimate of drug-likeness (QED) is 0.652. The fourth-order valence-electron chi connectivity index (χ4n) is 3.41. The number of carbonyl (C=O) groups is 1. The minimum atomic E-state index is -0.602. The van der Waals surface area contributed by atoms with Crippen molar-refractivity contribution in [1.29, 1.82) is 5.26 Å². The van der Waals surface area contributed by atoms with E-state index in [1.165, 1.54) is 18.9 Å². The van der Waals surface area contributed by atoms with E-state index in [9.17, 15) is 10.1 Å². The summed E-state index contributed by atoms with van der Waals surface area (Å²) in [4.78, 5) is 16.8. The van der Waals surface area contributed by atoms with Crippen LogP contribution in [0.5, 0.6) is 11.5 Å². The van der Waals surface area contributed by atoms with Gasteiger partial charge in [0.25, 0.3) is 0 Å². The first-order valence-corrected chi connectivity index (χ1v) is 10.5. The number of aromatic nitrogens is 1. The highest BCUT2D eigenvalue weighted by molar-refractivity contribution is 8.02. The van der Waals surface area contributed by atoms with Crippen molar-refractivity contribution in [3.8, 4) is 17.6 Å². The van der Waals surface area contributed by atoms with Crippen LogP contribution in [0.1, 0.15) is 24.0 Å². The Morgan fingerprint density at radius 1 is 1.23 bits per heavy atom. The molecule has 0 saturated carbocycles. The fraction of sp³-hybridized carbons (Fsp3) is 0.261. The van der Waals surface area contributed by atoms with E-state index in [1.54, 1.807) is 45.7 Å². The first kappa shape index (κ1) is 22.2.